The molecule has 0 saturated carbocycles. The van der Waals surface area contributed by atoms with Crippen LogP contribution in [-0.2, 0) is 4.74 Å². The van der Waals surface area contributed by atoms with Gasteiger partial charge in [0.25, 0.3) is 0 Å². The molecule has 0 aliphatic rings. The van der Waals surface area contributed by atoms with Crippen LogP contribution in [0.3, 0.4) is 0 Å². The van der Waals surface area contributed by atoms with E-state index in [1.807, 2.05) is 24.3 Å². The monoisotopic (exact) mass is 239 g/mol. The van der Waals surface area contributed by atoms with Crippen molar-refractivity contribution in [1.82, 2.24) is 4.98 Å². The molecule has 0 aliphatic heterocycles. The average molecular weight is 239 g/mol. The van der Waals surface area contributed by atoms with Crippen LogP contribution in [0, 0.1) is 0 Å². The van der Waals surface area contributed by atoms with Crippen LogP contribution in [0.15, 0.2) is 49.2 Å². The number of rotatable bonds is 3. The van der Waals surface area contributed by atoms with Crippen molar-refractivity contribution in [2.45, 2.75) is 0 Å². The third-order valence-corrected chi connectivity index (χ3v) is 2.64. The topological polar surface area (TPSA) is 39.2 Å². The zero-order chi connectivity index (χ0) is 13.0. The zero-order valence-electron chi connectivity index (χ0n) is 10.1. The quantitative estimate of drug-likeness (QED) is 0.772. The van der Waals surface area contributed by atoms with Crippen LogP contribution >= 0.6 is 0 Å². The number of aromatic nitrogens is 1. The van der Waals surface area contributed by atoms with Crippen LogP contribution in [0.4, 0.5) is 0 Å². The zero-order valence-corrected chi connectivity index (χ0v) is 10.1. The molecule has 1 aromatic heterocycles. The second kappa shape index (κ2) is 5.27. The smallest absolute Gasteiger partial charge is 0.337 e. The Bertz CT molecular complexity index is 573. The first-order valence-electron chi connectivity index (χ1n) is 5.52. The number of ether oxygens (including phenoxy) is 1. The number of hydrogen-bond donors (Lipinski definition) is 0. The van der Waals surface area contributed by atoms with E-state index >= 15 is 0 Å². The minimum Gasteiger partial charge on any atom is -0.465 e. The van der Waals surface area contributed by atoms with Crippen LogP contribution in [-0.4, -0.2) is 18.1 Å². The summed E-state index contributed by atoms with van der Waals surface area (Å²) in [5, 5.41) is 0. The van der Waals surface area contributed by atoms with Gasteiger partial charge < -0.3 is 4.74 Å². The van der Waals surface area contributed by atoms with Gasteiger partial charge in [0, 0.05) is 17.3 Å². The maximum Gasteiger partial charge on any atom is 0.337 e. The number of carbonyl (C=O) groups is 1. The first-order chi connectivity index (χ1) is 8.76. The van der Waals surface area contributed by atoms with E-state index in [2.05, 4.69) is 16.3 Å². The van der Waals surface area contributed by atoms with Crippen molar-refractivity contribution in [2.24, 2.45) is 0 Å². The Hall–Kier alpha value is -2.42. The summed E-state index contributed by atoms with van der Waals surface area (Å²) in [5.41, 5.74) is 3.28. The molecule has 0 bridgehead atoms. The molecule has 0 atom stereocenters. The summed E-state index contributed by atoms with van der Waals surface area (Å²) >= 11 is 0. The summed E-state index contributed by atoms with van der Waals surface area (Å²) in [5.74, 6) is -0.341. The van der Waals surface area contributed by atoms with Gasteiger partial charge >= 0.3 is 5.97 Å². The summed E-state index contributed by atoms with van der Waals surface area (Å²) in [4.78, 5) is 15.7. The molecule has 0 radical (unpaired) electrons. The largest absolute Gasteiger partial charge is 0.465 e. The van der Waals surface area contributed by atoms with Gasteiger partial charge in [-0.05, 0) is 18.2 Å². The second-order valence-corrected chi connectivity index (χ2v) is 3.71. The molecular formula is C15H13NO2. The fourth-order valence-corrected chi connectivity index (χ4v) is 1.71. The average Bonchev–Trinajstić information content (AvgIpc) is 2.46. The van der Waals surface area contributed by atoms with Gasteiger partial charge in [0.05, 0.1) is 18.4 Å². The number of pyridine rings is 1. The SMILES string of the molecule is C=Cc1cccnc1-c1ccc(C(=O)OC)cc1. The van der Waals surface area contributed by atoms with Gasteiger partial charge in [-0.15, -0.1) is 0 Å². The lowest BCUT2D eigenvalue weighted by atomic mass is 10.0. The number of carbonyl (C=O) groups excluding carboxylic acids is 1. The van der Waals surface area contributed by atoms with Crippen LogP contribution in [0.25, 0.3) is 17.3 Å². The van der Waals surface area contributed by atoms with Gasteiger partial charge in [-0.2, -0.15) is 0 Å². The third-order valence-electron chi connectivity index (χ3n) is 2.64. The molecule has 0 fully saturated rings. The maximum atomic E-state index is 11.3. The van der Waals surface area contributed by atoms with Gasteiger partial charge in [0.15, 0.2) is 0 Å². The molecule has 0 N–H and O–H groups in total. The Labute approximate surface area is 106 Å². The predicted molar refractivity (Wildman–Crippen MR) is 71.1 cm³/mol. The Morgan fingerprint density at radius 3 is 2.61 bits per heavy atom. The van der Waals surface area contributed by atoms with E-state index in [1.54, 1.807) is 24.4 Å². The molecule has 18 heavy (non-hydrogen) atoms. The first-order valence-corrected chi connectivity index (χ1v) is 5.52. The van der Waals surface area contributed by atoms with Crippen LogP contribution in [0.5, 0.6) is 0 Å². The molecule has 0 spiro atoms. The molecular weight excluding hydrogens is 226 g/mol. The standard InChI is InChI=1S/C15H13NO2/c1-3-11-5-4-10-16-14(11)12-6-8-13(9-7-12)15(17)18-2/h3-10H,1H2,2H3. The third kappa shape index (κ3) is 2.30. The molecule has 3 nitrogen and oxygen atoms in total. The highest BCUT2D eigenvalue weighted by atomic mass is 16.5. The van der Waals surface area contributed by atoms with E-state index in [9.17, 15) is 4.79 Å². The lowest BCUT2D eigenvalue weighted by Crippen LogP contribution is -2.00. The normalized spacial score (nSPS) is 9.83. The summed E-state index contributed by atoms with van der Waals surface area (Å²) in [6.07, 6.45) is 3.49. The fourth-order valence-electron chi connectivity index (χ4n) is 1.71. The Balaban J connectivity index is 2.40. The predicted octanol–water partition coefficient (Wildman–Crippen LogP) is 3.18. The van der Waals surface area contributed by atoms with E-state index in [-0.39, 0.29) is 5.97 Å². The molecule has 1 heterocycles. The van der Waals surface area contributed by atoms with Crippen LogP contribution in [0.2, 0.25) is 0 Å². The molecule has 2 rings (SSSR count). The van der Waals surface area contributed by atoms with Gasteiger partial charge in [-0.3, -0.25) is 4.98 Å². The Morgan fingerprint density at radius 2 is 2.00 bits per heavy atom. The number of benzene rings is 1. The van der Waals surface area contributed by atoms with Crippen molar-refractivity contribution < 1.29 is 9.53 Å². The van der Waals surface area contributed by atoms with Crippen molar-refractivity contribution in [1.29, 1.82) is 0 Å². The number of esters is 1. The molecule has 90 valence electrons. The van der Waals surface area contributed by atoms with E-state index < -0.39 is 0 Å². The maximum absolute atomic E-state index is 11.3. The van der Waals surface area contributed by atoms with Gasteiger partial charge in [-0.1, -0.05) is 30.9 Å². The summed E-state index contributed by atoms with van der Waals surface area (Å²) in [6.45, 7) is 3.76. The number of methoxy groups -OCH3 is 1. The number of hydrogen-bond acceptors (Lipinski definition) is 3. The minimum absolute atomic E-state index is 0.341. The fraction of sp³-hybridized carbons (Fsp3) is 0.0667. The van der Waals surface area contributed by atoms with E-state index in [4.69, 9.17) is 0 Å². The highest BCUT2D eigenvalue weighted by Gasteiger charge is 2.07. The lowest BCUT2D eigenvalue weighted by Gasteiger charge is -2.05. The van der Waals surface area contributed by atoms with Crippen LogP contribution in [0.1, 0.15) is 15.9 Å². The lowest BCUT2D eigenvalue weighted by molar-refractivity contribution is 0.0601. The molecule has 2 aromatic rings. The summed E-state index contributed by atoms with van der Waals surface area (Å²) < 4.78 is 4.66. The highest BCUT2D eigenvalue weighted by molar-refractivity contribution is 5.90. The van der Waals surface area contributed by atoms with Crippen molar-refractivity contribution in [3.05, 3.63) is 60.3 Å². The van der Waals surface area contributed by atoms with Crippen LogP contribution < -0.4 is 0 Å². The molecule has 3 heteroatoms. The van der Waals surface area contributed by atoms with Crippen molar-refractivity contribution in [3.8, 4) is 11.3 Å². The molecule has 0 aliphatic carbocycles. The summed E-state index contributed by atoms with van der Waals surface area (Å²) in [6, 6.07) is 11.0. The molecule has 0 unspecified atom stereocenters. The number of nitrogens with zero attached hydrogens (tertiary/aromatic N) is 1. The molecule has 1 aromatic carbocycles. The van der Waals surface area contributed by atoms with Gasteiger partial charge in [-0.25, -0.2) is 4.79 Å². The molecule has 0 saturated heterocycles. The second-order valence-electron chi connectivity index (χ2n) is 3.71. The highest BCUT2D eigenvalue weighted by Crippen LogP contribution is 2.22. The summed E-state index contributed by atoms with van der Waals surface area (Å²) in [7, 11) is 1.37. The van der Waals surface area contributed by atoms with Crippen molar-refractivity contribution >= 4 is 12.0 Å². The van der Waals surface area contributed by atoms with Crippen molar-refractivity contribution in [3.63, 3.8) is 0 Å². The van der Waals surface area contributed by atoms with Gasteiger partial charge in [0.1, 0.15) is 0 Å². The Kier molecular flexibility index (Phi) is 3.53. The minimum atomic E-state index is -0.341. The first kappa shape index (κ1) is 12.0. The van der Waals surface area contributed by atoms with Gasteiger partial charge in [0.2, 0.25) is 0 Å². The van der Waals surface area contributed by atoms with E-state index in [0.29, 0.717) is 5.56 Å². The Morgan fingerprint density at radius 1 is 1.28 bits per heavy atom. The molecule has 0 amide bonds. The van der Waals surface area contributed by atoms with E-state index in [0.717, 1.165) is 16.8 Å². The van der Waals surface area contributed by atoms with Crippen molar-refractivity contribution in [2.75, 3.05) is 7.11 Å². The van der Waals surface area contributed by atoms with E-state index in [1.165, 1.54) is 7.11 Å².